The minimum absolute atomic E-state index is 0.00394. The van der Waals surface area contributed by atoms with Gasteiger partial charge in [0.1, 0.15) is 12.3 Å². The van der Waals surface area contributed by atoms with E-state index in [1.54, 1.807) is 24.3 Å². The van der Waals surface area contributed by atoms with Gasteiger partial charge in [-0.3, -0.25) is 4.90 Å². The molecule has 0 aliphatic carbocycles. The van der Waals surface area contributed by atoms with E-state index < -0.39 is 29.8 Å². The van der Waals surface area contributed by atoms with Gasteiger partial charge in [0.05, 0.1) is 35.6 Å². The van der Waals surface area contributed by atoms with E-state index >= 15 is 0 Å². The van der Waals surface area contributed by atoms with Crippen molar-refractivity contribution in [2.45, 2.75) is 25.4 Å². The summed E-state index contributed by atoms with van der Waals surface area (Å²) in [5.74, 6) is -0.651. The molecule has 1 unspecified atom stereocenters. The molecule has 1 aliphatic rings. The molecule has 204 valence electrons. The summed E-state index contributed by atoms with van der Waals surface area (Å²) in [6.45, 7) is -0.110. The van der Waals surface area contributed by atoms with Gasteiger partial charge in [-0.2, -0.15) is 13.2 Å². The first-order valence-corrected chi connectivity index (χ1v) is 12.3. The predicted octanol–water partition coefficient (Wildman–Crippen LogP) is 5.36. The van der Waals surface area contributed by atoms with Crippen molar-refractivity contribution in [1.82, 2.24) is 25.2 Å². The Morgan fingerprint density at radius 2 is 1.62 bits per heavy atom. The van der Waals surface area contributed by atoms with E-state index in [1.165, 1.54) is 41.0 Å². The molecular weight excluding hydrogens is 523 g/mol. The quantitative estimate of drug-likeness (QED) is 0.315. The van der Waals surface area contributed by atoms with Crippen LogP contribution in [0.5, 0.6) is 0 Å². The van der Waals surface area contributed by atoms with Crippen molar-refractivity contribution in [1.29, 1.82) is 0 Å². The number of amides is 2. The van der Waals surface area contributed by atoms with E-state index in [9.17, 15) is 22.8 Å². The van der Waals surface area contributed by atoms with Crippen molar-refractivity contribution in [2.75, 3.05) is 7.05 Å². The lowest BCUT2D eigenvalue weighted by Gasteiger charge is -2.34. The maximum Gasteiger partial charge on any atom is 0.417 e. The van der Waals surface area contributed by atoms with Crippen LogP contribution in [0.25, 0.3) is 11.3 Å². The summed E-state index contributed by atoms with van der Waals surface area (Å²) in [6.07, 6.45) is -3.23. The number of alkyl halides is 3. The van der Waals surface area contributed by atoms with E-state index in [4.69, 9.17) is 4.74 Å². The summed E-state index contributed by atoms with van der Waals surface area (Å²) in [7, 11) is 1.49. The number of hydrogen-bond acceptors (Lipinski definition) is 5. The molecule has 3 aromatic carbocycles. The molecule has 2 heterocycles. The number of urea groups is 1. The van der Waals surface area contributed by atoms with Crippen molar-refractivity contribution in [3.05, 3.63) is 119 Å². The zero-order valence-corrected chi connectivity index (χ0v) is 21.3. The second-order valence-electron chi connectivity index (χ2n) is 9.12. The Morgan fingerprint density at radius 3 is 2.33 bits per heavy atom. The minimum Gasteiger partial charge on any atom is -0.457 e. The molecule has 2 amide bonds. The fourth-order valence-corrected chi connectivity index (χ4v) is 4.49. The third kappa shape index (κ3) is 5.58. The molecule has 0 saturated heterocycles. The Morgan fingerprint density at radius 1 is 0.975 bits per heavy atom. The monoisotopic (exact) mass is 547 g/mol. The van der Waals surface area contributed by atoms with Gasteiger partial charge in [-0.15, -0.1) is 5.10 Å². The minimum atomic E-state index is -4.58. The first-order chi connectivity index (χ1) is 19.2. The lowest BCUT2D eigenvalue weighted by Crippen LogP contribution is -2.47. The molecule has 40 heavy (non-hydrogen) atoms. The maximum atomic E-state index is 13.6. The molecule has 5 rings (SSSR count). The van der Waals surface area contributed by atoms with E-state index in [2.05, 4.69) is 15.6 Å². The van der Waals surface area contributed by atoms with Gasteiger partial charge in [0, 0.05) is 12.6 Å². The summed E-state index contributed by atoms with van der Waals surface area (Å²) >= 11 is 0. The van der Waals surface area contributed by atoms with Crippen LogP contribution in [0.4, 0.5) is 18.0 Å². The fraction of sp³-hybridized carbons (Fsp3) is 0.172. The molecule has 0 spiro atoms. The number of halogens is 3. The van der Waals surface area contributed by atoms with E-state index in [0.717, 1.165) is 11.6 Å². The fourth-order valence-electron chi connectivity index (χ4n) is 4.49. The third-order valence-corrected chi connectivity index (χ3v) is 6.50. The molecule has 0 bridgehead atoms. The Kier molecular flexibility index (Phi) is 7.37. The number of likely N-dealkylation sites (N-methyl/N-ethyl adjacent to an activating group) is 1. The van der Waals surface area contributed by atoms with Crippen molar-refractivity contribution in [3.63, 3.8) is 0 Å². The highest BCUT2D eigenvalue weighted by molar-refractivity contribution is 5.95. The number of carbonyl (C=O) groups excluding carboxylic acids is 2. The number of ether oxygens (including phenoxy) is 1. The van der Waals surface area contributed by atoms with Crippen LogP contribution in [0.1, 0.15) is 22.7 Å². The first kappa shape index (κ1) is 26.7. The molecule has 11 heteroatoms. The van der Waals surface area contributed by atoms with Crippen LogP contribution >= 0.6 is 0 Å². The lowest BCUT2D eigenvalue weighted by molar-refractivity contribution is -0.141. The summed E-state index contributed by atoms with van der Waals surface area (Å²) in [6, 6.07) is 21.9. The highest BCUT2D eigenvalue weighted by atomic mass is 19.4. The molecule has 8 nitrogen and oxygen atoms in total. The average molecular weight is 548 g/mol. The molecular formula is C29H24F3N5O3. The first-order valence-electron chi connectivity index (χ1n) is 12.3. The highest BCUT2D eigenvalue weighted by Crippen LogP contribution is 2.36. The number of nitrogens with zero attached hydrogens (tertiary/aromatic N) is 4. The molecule has 1 atom stereocenters. The van der Waals surface area contributed by atoms with Crippen LogP contribution in [0.15, 0.2) is 102 Å². The van der Waals surface area contributed by atoms with Crippen LogP contribution in [0.2, 0.25) is 0 Å². The topological polar surface area (TPSA) is 89.4 Å². The second-order valence-corrected chi connectivity index (χ2v) is 9.12. The molecule has 0 radical (unpaired) electrons. The van der Waals surface area contributed by atoms with Gasteiger partial charge in [-0.25, -0.2) is 14.3 Å². The van der Waals surface area contributed by atoms with Crippen LogP contribution in [-0.2, 0) is 28.9 Å². The molecule has 0 saturated carbocycles. The number of esters is 1. The zero-order valence-electron chi connectivity index (χ0n) is 21.3. The number of allylic oxidation sites excluding steroid dienone is 1. The molecule has 1 aromatic heterocycles. The number of rotatable bonds is 7. The van der Waals surface area contributed by atoms with Gasteiger partial charge in [-0.05, 0) is 17.2 Å². The van der Waals surface area contributed by atoms with Crippen LogP contribution < -0.4 is 5.32 Å². The van der Waals surface area contributed by atoms with Crippen molar-refractivity contribution >= 4 is 12.0 Å². The molecule has 1 aliphatic heterocycles. The summed E-state index contributed by atoms with van der Waals surface area (Å²) < 4.78 is 47.7. The highest BCUT2D eigenvalue weighted by Gasteiger charge is 2.37. The van der Waals surface area contributed by atoms with Gasteiger partial charge < -0.3 is 10.1 Å². The number of aromatic nitrogens is 3. The summed E-state index contributed by atoms with van der Waals surface area (Å²) in [5, 5.41) is 10.8. The lowest BCUT2D eigenvalue weighted by atomic mass is 9.94. The van der Waals surface area contributed by atoms with Crippen LogP contribution in [-0.4, -0.2) is 38.9 Å². The second kappa shape index (κ2) is 11.0. The van der Waals surface area contributed by atoms with Gasteiger partial charge >= 0.3 is 18.2 Å². The van der Waals surface area contributed by atoms with E-state index in [0.29, 0.717) is 5.56 Å². The molecule has 1 N–H and O–H groups in total. The maximum absolute atomic E-state index is 13.6. The SMILES string of the molecule is CN1C(=O)NC(c2ccccc2)C(C(=O)OCc2ccccc2)=C1Cn1cc(-c2ccccc2C(F)(F)F)nn1. The number of hydrogen-bond donors (Lipinski definition) is 1. The Labute approximate surface area is 227 Å². The van der Waals surface area contributed by atoms with Gasteiger partial charge in [-0.1, -0.05) is 84.1 Å². The molecule has 0 fully saturated rings. The van der Waals surface area contributed by atoms with Crippen molar-refractivity contribution in [3.8, 4) is 11.3 Å². The Hall–Kier alpha value is -4.93. The smallest absolute Gasteiger partial charge is 0.417 e. The predicted molar refractivity (Wildman–Crippen MR) is 139 cm³/mol. The van der Waals surface area contributed by atoms with Gasteiger partial charge in [0.2, 0.25) is 0 Å². The van der Waals surface area contributed by atoms with E-state index in [1.807, 2.05) is 36.4 Å². The third-order valence-electron chi connectivity index (χ3n) is 6.50. The zero-order chi connectivity index (χ0) is 28.3. The van der Waals surface area contributed by atoms with Crippen LogP contribution in [0.3, 0.4) is 0 Å². The number of benzene rings is 3. The average Bonchev–Trinajstić information content (AvgIpc) is 3.43. The largest absolute Gasteiger partial charge is 0.457 e. The van der Waals surface area contributed by atoms with Crippen LogP contribution in [0, 0.1) is 0 Å². The summed E-state index contributed by atoms with van der Waals surface area (Å²) in [4.78, 5) is 27.8. The van der Waals surface area contributed by atoms with Crippen molar-refractivity contribution < 1.29 is 27.5 Å². The standard InChI is InChI=1S/C29H24F3N5O3/c1-36-24(17-37-16-23(34-35-37)21-14-8-9-15-22(21)29(30,31)32)25(27(38)40-18-19-10-4-2-5-11-19)26(33-28(36)39)20-12-6-3-7-13-20/h2-16,26H,17-18H2,1H3,(H,33,39). The Bertz CT molecular complexity index is 1550. The van der Waals surface area contributed by atoms with Gasteiger partial charge in [0.25, 0.3) is 0 Å². The molecule has 4 aromatic rings. The van der Waals surface area contributed by atoms with Crippen molar-refractivity contribution in [2.24, 2.45) is 0 Å². The summed E-state index contributed by atoms with van der Waals surface area (Å²) in [5.41, 5.74) is 0.926. The number of nitrogens with one attached hydrogen (secondary N) is 1. The van der Waals surface area contributed by atoms with Gasteiger partial charge in [0.15, 0.2) is 0 Å². The number of carbonyl (C=O) groups is 2. The Balaban J connectivity index is 1.53. The normalized spacial score (nSPS) is 15.7. The van der Waals surface area contributed by atoms with E-state index in [-0.39, 0.29) is 35.7 Å².